The van der Waals surface area contributed by atoms with E-state index in [0.717, 1.165) is 0 Å². The van der Waals surface area contributed by atoms with Crippen LogP contribution in [-0.2, 0) is 27.3 Å². The number of hydrogen-bond acceptors (Lipinski definition) is 6. The molecule has 10 heteroatoms. The second kappa shape index (κ2) is 7.07. The summed E-state index contributed by atoms with van der Waals surface area (Å²) in [6.07, 6.45) is -4.85. The molecule has 21 heavy (non-hydrogen) atoms. The Kier molecular flexibility index (Phi) is 5.70. The second-order valence-corrected chi connectivity index (χ2v) is 3.97. The molecule has 0 bridgehead atoms. The number of carbonyl (C=O) groups is 1. The van der Waals surface area contributed by atoms with Gasteiger partial charge in [-0.3, -0.25) is 9.59 Å². The van der Waals surface area contributed by atoms with E-state index in [9.17, 15) is 22.8 Å². The molecule has 0 amide bonds. The number of nitrogens with one attached hydrogen (secondary N) is 1. The highest BCUT2D eigenvalue weighted by atomic mass is 19.4. The lowest BCUT2D eigenvalue weighted by Gasteiger charge is -2.09. The average molecular weight is 309 g/mol. The Morgan fingerprint density at radius 2 is 2.10 bits per heavy atom. The smallest absolute Gasteiger partial charge is 0.411 e. The monoisotopic (exact) mass is 309 g/mol. The van der Waals surface area contributed by atoms with E-state index in [1.54, 1.807) is 6.92 Å². The van der Waals surface area contributed by atoms with Gasteiger partial charge in [0.15, 0.2) is 0 Å². The van der Waals surface area contributed by atoms with Gasteiger partial charge < -0.3 is 20.2 Å². The number of aromatic nitrogens is 2. The van der Waals surface area contributed by atoms with Gasteiger partial charge >= 0.3 is 12.1 Å². The molecule has 1 heterocycles. The number of anilines is 1. The summed E-state index contributed by atoms with van der Waals surface area (Å²) in [5.74, 6) is -1.07. The van der Waals surface area contributed by atoms with Crippen LogP contribution in [0.4, 0.5) is 19.0 Å². The number of esters is 1. The summed E-state index contributed by atoms with van der Waals surface area (Å²) in [4.78, 5) is 28.9. The van der Waals surface area contributed by atoms with E-state index < -0.39 is 30.9 Å². The van der Waals surface area contributed by atoms with E-state index >= 15 is 0 Å². The van der Waals surface area contributed by atoms with Crippen LogP contribution in [0.3, 0.4) is 0 Å². The van der Waals surface area contributed by atoms with Crippen LogP contribution < -0.4 is 11.3 Å². The van der Waals surface area contributed by atoms with E-state index in [1.807, 2.05) is 0 Å². The van der Waals surface area contributed by atoms with Crippen molar-refractivity contribution in [2.75, 3.05) is 18.9 Å². The standard InChI is InChI=1S/C11H14F3N3O4/c1-2-21-8(18)3-6-9(15)16-7(17-10(6)19)4-20-5-11(12,13)14/h2-5H2,1H3,(H3,15,16,17,19). The third-order valence-electron chi connectivity index (χ3n) is 2.23. The first-order valence-electron chi connectivity index (χ1n) is 5.90. The molecule has 118 valence electrons. The molecular weight excluding hydrogens is 295 g/mol. The van der Waals surface area contributed by atoms with Crippen LogP contribution in [0.25, 0.3) is 0 Å². The summed E-state index contributed by atoms with van der Waals surface area (Å²) in [5, 5.41) is 0. The summed E-state index contributed by atoms with van der Waals surface area (Å²) < 4.78 is 44.7. The van der Waals surface area contributed by atoms with Gasteiger partial charge in [0.25, 0.3) is 5.56 Å². The number of ether oxygens (including phenoxy) is 2. The lowest BCUT2D eigenvalue weighted by Crippen LogP contribution is -2.24. The highest BCUT2D eigenvalue weighted by Gasteiger charge is 2.27. The molecule has 0 radical (unpaired) electrons. The highest BCUT2D eigenvalue weighted by Crippen LogP contribution is 2.15. The van der Waals surface area contributed by atoms with Crippen LogP contribution >= 0.6 is 0 Å². The molecule has 0 aliphatic rings. The molecule has 0 atom stereocenters. The number of aromatic amines is 1. The number of halogens is 3. The minimum absolute atomic E-state index is 0.104. The normalized spacial score (nSPS) is 11.4. The molecule has 0 fully saturated rings. The molecule has 0 spiro atoms. The summed E-state index contributed by atoms with van der Waals surface area (Å²) in [6.45, 7) is -0.280. The second-order valence-electron chi connectivity index (χ2n) is 3.97. The van der Waals surface area contributed by atoms with Gasteiger partial charge in [-0.05, 0) is 6.92 Å². The lowest BCUT2D eigenvalue weighted by molar-refractivity contribution is -0.177. The van der Waals surface area contributed by atoms with Crippen LogP contribution in [0.2, 0.25) is 0 Å². The maximum absolute atomic E-state index is 11.9. The van der Waals surface area contributed by atoms with Gasteiger partial charge in [-0.2, -0.15) is 13.2 Å². The van der Waals surface area contributed by atoms with Crippen LogP contribution in [0.5, 0.6) is 0 Å². The van der Waals surface area contributed by atoms with Crippen LogP contribution in [-0.4, -0.2) is 35.3 Å². The van der Waals surface area contributed by atoms with Crippen molar-refractivity contribution in [2.24, 2.45) is 0 Å². The van der Waals surface area contributed by atoms with Crippen molar-refractivity contribution >= 4 is 11.8 Å². The van der Waals surface area contributed by atoms with Gasteiger partial charge in [-0.1, -0.05) is 0 Å². The van der Waals surface area contributed by atoms with Crippen molar-refractivity contribution in [3.05, 3.63) is 21.7 Å². The molecule has 1 aromatic rings. The molecule has 0 saturated heterocycles. The molecule has 1 rings (SSSR count). The molecule has 0 aliphatic carbocycles. The molecule has 0 saturated carbocycles. The number of nitrogens with zero attached hydrogens (tertiary/aromatic N) is 1. The van der Waals surface area contributed by atoms with Crippen molar-refractivity contribution in [3.8, 4) is 0 Å². The number of rotatable bonds is 6. The maximum atomic E-state index is 11.9. The fourth-order valence-electron chi connectivity index (χ4n) is 1.42. The van der Waals surface area contributed by atoms with Gasteiger partial charge in [-0.15, -0.1) is 0 Å². The van der Waals surface area contributed by atoms with E-state index in [-0.39, 0.29) is 30.2 Å². The number of hydrogen-bond donors (Lipinski definition) is 2. The van der Waals surface area contributed by atoms with Gasteiger partial charge in [-0.25, -0.2) is 4.98 Å². The molecule has 0 aromatic carbocycles. The number of alkyl halides is 3. The largest absolute Gasteiger partial charge is 0.466 e. The van der Waals surface area contributed by atoms with Gasteiger partial charge in [0.05, 0.1) is 18.6 Å². The lowest BCUT2D eigenvalue weighted by atomic mass is 10.2. The summed E-state index contributed by atoms with van der Waals surface area (Å²) >= 11 is 0. The maximum Gasteiger partial charge on any atom is 0.411 e. The Hall–Kier alpha value is -2.10. The molecule has 1 aromatic heterocycles. The fraction of sp³-hybridized carbons (Fsp3) is 0.545. The first kappa shape index (κ1) is 17.0. The van der Waals surface area contributed by atoms with Crippen molar-refractivity contribution in [2.45, 2.75) is 26.1 Å². The first-order valence-corrected chi connectivity index (χ1v) is 5.90. The number of nitrogens with two attached hydrogens (primary N) is 1. The zero-order valence-electron chi connectivity index (χ0n) is 11.1. The third kappa shape index (κ3) is 5.81. The topological polar surface area (TPSA) is 107 Å². The predicted octanol–water partition coefficient (Wildman–Crippen LogP) is 0.537. The average Bonchev–Trinajstić information content (AvgIpc) is 2.32. The fourth-order valence-corrected chi connectivity index (χ4v) is 1.42. The van der Waals surface area contributed by atoms with Crippen LogP contribution in [0.1, 0.15) is 18.3 Å². The Morgan fingerprint density at radius 1 is 1.43 bits per heavy atom. The molecular formula is C11H14F3N3O4. The molecule has 0 aliphatic heterocycles. The Bertz CT molecular complexity index is 557. The van der Waals surface area contributed by atoms with Crippen molar-refractivity contribution < 1.29 is 27.4 Å². The van der Waals surface area contributed by atoms with Crippen molar-refractivity contribution in [3.63, 3.8) is 0 Å². The minimum atomic E-state index is -4.48. The Morgan fingerprint density at radius 3 is 2.62 bits per heavy atom. The zero-order valence-corrected chi connectivity index (χ0v) is 11.1. The summed E-state index contributed by atoms with van der Waals surface area (Å²) in [5.41, 5.74) is 4.68. The van der Waals surface area contributed by atoms with Crippen LogP contribution in [0, 0.1) is 0 Å². The quantitative estimate of drug-likeness (QED) is 0.743. The zero-order chi connectivity index (χ0) is 16.0. The highest BCUT2D eigenvalue weighted by molar-refractivity contribution is 5.74. The Balaban J connectivity index is 2.75. The van der Waals surface area contributed by atoms with Gasteiger partial charge in [0.2, 0.25) is 0 Å². The summed E-state index contributed by atoms with van der Waals surface area (Å²) in [7, 11) is 0. The number of carbonyl (C=O) groups excluding carboxylic acids is 1. The number of nitrogen functional groups attached to an aromatic ring is 1. The van der Waals surface area contributed by atoms with E-state index in [2.05, 4.69) is 19.4 Å². The first-order chi connectivity index (χ1) is 9.73. The van der Waals surface area contributed by atoms with Crippen molar-refractivity contribution in [1.82, 2.24) is 9.97 Å². The van der Waals surface area contributed by atoms with Crippen molar-refractivity contribution in [1.29, 1.82) is 0 Å². The SMILES string of the molecule is CCOC(=O)Cc1c(N)nc(COCC(F)(F)F)[nH]c1=O. The van der Waals surface area contributed by atoms with E-state index in [1.165, 1.54) is 0 Å². The summed E-state index contributed by atoms with van der Waals surface area (Å²) in [6, 6.07) is 0. The van der Waals surface area contributed by atoms with E-state index in [0.29, 0.717) is 0 Å². The molecule has 3 N–H and O–H groups in total. The Labute approximate surface area is 117 Å². The predicted molar refractivity (Wildman–Crippen MR) is 65.3 cm³/mol. The van der Waals surface area contributed by atoms with Crippen LogP contribution in [0.15, 0.2) is 4.79 Å². The number of H-pyrrole nitrogens is 1. The molecule has 7 nitrogen and oxygen atoms in total. The third-order valence-corrected chi connectivity index (χ3v) is 2.23. The molecule has 0 unspecified atom stereocenters. The van der Waals surface area contributed by atoms with E-state index in [4.69, 9.17) is 5.73 Å². The van der Waals surface area contributed by atoms with Gasteiger partial charge in [0.1, 0.15) is 24.9 Å². The minimum Gasteiger partial charge on any atom is -0.466 e. The van der Waals surface area contributed by atoms with Gasteiger partial charge in [0, 0.05) is 0 Å².